The highest BCUT2D eigenvalue weighted by molar-refractivity contribution is 6.18. The Bertz CT molecular complexity index is 2020. The molecule has 2 aliphatic carbocycles. The number of unbranched alkanes of at least 4 members (excludes halogenated alkanes) is 2. The van der Waals surface area contributed by atoms with Crippen molar-refractivity contribution in [3.63, 3.8) is 0 Å². The molecule has 13 nitrogen and oxygen atoms in total. The summed E-state index contributed by atoms with van der Waals surface area (Å²) < 4.78 is 38.5. The molecule has 4 aliphatic rings. The third kappa shape index (κ3) is 11.0. The van der Waals surface area contributed by atoms with Gasteiger partial charge < -0.3 is 48.6 Å². The van der Waals surface area contributed by atoms with Crippen LogP contribution in [0.3, 0.4) is 0 Å². The third-order valence-corrected chi connectivity index (χ3v) is 12.8. The molecule has 7 unspecified atom stereocenters. The highest BCUT2D eigenvalue weighted by Gasteiger charge is 2.65. The number of carbonyl (C=O) groups is 1. The second-order valence-corrected chi connectivity index (χ2v) is 17.0. The van der Waals surface area contributed by atoms with Crippen molar-refractivity contribution in [1.82, 2.24) is 4.90 Å². The van der Waals surface area contributed by atoms with Gasteiger partial charge in [0.25, 0.3) is 0 Å². The average molecular weight is 891 g/mol. The van der Waals surface area contributed by atoms with E-state index in [4.69, 9.17) is 50.0 Å². The molecule has 1 amide bonds. The maximum absolute atomic E-state index is 14.3. The summed E-state index contributed by atoms with van der Waals surface area (Å²) in [6.07, 6.45) is 10.1. The molecule has 14 heteroatoms. The average Bonchev–Trinajstić information content (AvgIpc) is 3.31. The van der Waals surface area contributed by atoms with Gasteiger partial charge in [0.1, 0.15) is 29.9 Å². The second-order valence-electron chi connectivity index (χ2n) is 16.6. The van der Waals surface area contributed by atoms with Crippen LogP contribution < -0.4 is 9.47 Å². The van der Waals surface area contributed by atoms with Gasteiger partial charge in [-0.2, -0.15) is 0 Å². The topological polar surface area (TPSA) is 158 Å². The zero-order chi connectivity index (χ0) is 44.0. The fourth-order valence-electron chi connectivity index (χ4n) is 9.91. The van der Waals surface area contributed by atoms with Crippen molar-refractivity contribution in [2.75, 3.05) is 65.3 Å². The Kier molecular flexibility index (Phi) is 17.2. The van der Waals surface area contributed by atoms with Gasteiger partial charge in [0, 0.05) is 44.1 Å². The summed E-state index contributed by atoms with van der Waals surface area (Å²) in [6, 6.07) is 19.3. The summed E-state index contributed by atoms with van der Waals surface area (Å²) in [6.45, 7) is 4.95. The number of nitrogens with zero attached hydrogens (tertiary/aromatic N) is 2. The number of aliphatic hydroxyl groups excluding tert-OH is 3. The number of amides is 1. The molecule has 7 rings (SSSR count). The molecule has 63 heavy (non-hydrogen) atoms. The minimum Gasteiger partial charge on any atom is -0.459 e. The first-order valence-corrected chi connectivity index (χ1v) is 23.2. The summed E-state index contributed by atoms with van der Waals surface area (Å²) in [4.78, 5) is 22.2. The number of fused-ring (bicyclic) bond motifs is 3. The predicted octanol–water partition coefficient (Wildman–Crippen LogP) is 8.48. The molecule has 0 radical (unpaired) electrons. The van der Waals surface area contributed by atoms with Crippen molar-refractivity contribution in [3.05, 3.63) is 90.5 Å². The Balaban J connectivity index is 1.42. The predicted molar refractivity (Wildman–Crippen MR) is 240 cm³/mol. The van der Waals surface area contributed by atoms with Crippen molar-refractivity contribution in [3.8, 4) is 17.2 Å². The normalized spacial score (nSPS) is 25.7. The number of alkyl halides is 1. The van der Waals surface area contributed by atoms with Gasteiger partial charge in [-0.15, -0.1) is 18.2 Å². The van der Waals surface area contributed by atoms with Crippen LogP contribution in [0.25, 0.3) is 10.8 Å². The first-order chi connectivity index (χ1) is 30.9. The quantitative estimate of drug-likeness (QED) is 0.0363. The number of ether oxygens (including phenoxy) is 6. The Morgan fingerprint density at radius 2 is 1.73 bits per heavy atom. The number of aliphatic hydroxyl groups is 3. The first-order valence-electron chi connectivity index (χ1n) is 22.6. The van der Waals surface area contributed by atoms with Crippen LogP contribution in [0.4, 0.5) is 4.79 Å². The Morgan fingerprint density at radius 3 is 2.49 bits per heavy atom. The van der Waals surface area contributed by atoms with Crippen molar-refractivity contribution in [2.24, 2.45) is 22.9 Å². The lowest BCUT2D eigenvalue weighted by Gasteiger charge is -2.59. The van der Waals surface area contributed by atoms with E-state index in [1.807, 2.05) is 42.5 Å². The van der Waals surface area contributed by atoms with Gasteiger partial charge in [-0.25, -0.2) is 4.79 Å². The van der Waals surface area contributed by atoms with Gasteiger partial charge in [0.05, 0.1) is 50.5 Å². The van der Waals surface area contributed by atoms with E-state index >= 15 is 0 Å². The minimum atomic E-state index is -1.50. The number of allylic oxidation sites excluding steroid dienone is 1. The fourth-order valence-corrected chi connectivity index (χ4v) is 9.99. The maximum Gasteiger partial charge on any atom is 0.410 e. The molecular formula is C49H63ClN2O11. The van der Waals surface area contributed by atoms with Crippen LogP contribution in [0.2, 0.25) is 0 Å². The van der Waals surface area contributed by atoms with Crippen LogP contribution in [-0.4, -0.2) is 115 Å². The molecule has 2 heterocycles. The lowest BCUT2D eigenvalue weighted by molar-refractivity contribution is -0.256. The maximum atomic E-state index is 14.3. The van der Waals surface area contributed by atoms with Gasteiger partial charge in [-0.1, -0.05) is 60.5 Å². The number of carbonyl (C=O) groups excluding carboxylic acids is 1. The van der Waals surface area contributed by atoms with Gasteiger partial charge in [0.2, 0.25) is 12.1 Å². The zero-order valence-electron chi connectivity index (χ0n) is 36.1. The highest BCUT2D eigenvalue weighted by atomic mass is 35.5. The van der Waals surface area contributed by atoms with E-state index in [1.165, 1.54) is 0 Å². The van der Waals surface area contributed by atoms with Crippen LogP contribution in [-0.2, 0) is 23.8 Å². The standard InChI is InChI=1S/C49H63ClN2O11/c1-2-25-60-49-44(52(21-28-57-29-24-55)48(56)59-27-20-50)33-42(51-63-45-15-7-10-26-58-45)40-31-36(13-5-8-22-53)39(14-6-9-23-54)46(47(40)49)41-32-38(18-19-43(41)62-49)61-37-17-16-34-11-3-4-12-35(34)30-37/h2-4,11-12,16-19,30-32,36,39,44-47,53-55H,1,5-10,13-15,20-29,33H2. The fraction of sp³-hybridized carbons (Fsp3) is 0.551. The Morgan fingerprint density at radius 1 is 0.937 bits per heavy atom. The van der Waals surface area contributed by atoms with Crippen LogP contribution in [0, 0.1) is 17.8 Å². The van der Waals surface area contributed by atoms with Crippen molar-refractivity contribution in [2.45, 2.75) is 88.2 Å². The molecule has 2 fully saturated rings. The van der Waals surface area contributed by atoms with Crippen LogP contribution >= 0.6 is 11.6 Å². The number of hydrogen-bond acceptors (Lipinski definition) is 12. The number of hydrogen-bond donors (Lipinski definition) is 3. The summed E-state index contributed by atoms with van der Waals surface area (Å²) in [5.41, 5.74) is 2.48. The molecule has 7 atom stereocenters. The molecule has 3 aromatic carbocycles. The summed E-state index contributed by atoms with van der Waals surface area (Å²) in [5.74, 6) is -0.207. The molecule has 1 saturated heterocycles. The second kappa shape index (κ2) is 23.1. The van der Waals surface area contributed by atoms with Crippen molar-refractivity contribution in [1.29, 1.82) is 0 Å². The largest absolute Gasteiger partial charge is 0.459 e. The van der Waals surface area contributed by atoms with E-state index in [-0.39, 0.29) is 82.8 Å². The van der Waals surface area contributed by atoms with E-state index in [0.717, 1.165) is 60.4 Å². The summed E-state index contributed by atoms with van der Waals surface area (Å²) in [5, 5.41) is 36.6. The number of oxime groups is 1. The number of halogens is 1. The van der Waals surface area contributed by atoms with Gasteiger partial charge in [-0.3, -0.25) is 4.90 Å². The monoisotopic (exact) mass is 890 g/mol. The lowest BCUT2D eigenvalue weighted by atomic mass is 9.55. The van der Waals surface area contributed by atoms with Crippen molar-refractivity contribution >= 4 is 34.2 Å². The van der Waals surface area contributed by atoms with E-state index < -0.39 is 30.1 Å². The lowest BCUT2D eigenvalue weighted by Crippen LogP contribution is -2.70. The number of rotatable bonds is 23. The molecule has 1 saturated carbocycles. The van der Waals surface area contributed by atoms with E-state index in [0.29, 0.717) is 48.8 Å². The Hall–Kier alpha value is -4.21. The number of benzene rings is 3. The van der Waals surface area contributed by atoms with E-state index in [1.54, 1.807) is 11.0 Å². The summed E-state index contributed by atoms with van der Waals surface area (Å²) >= 11 is 6.06. The van der Waals surface area contributed by atoms with Crippen LogP contribution in [0.15, 0.2) is 90.1 Å². The minimum absolute atomic E-state index is 0.0152. The van der Waals surface area contributed by atoms with Crippen LogP contribution in [0.5, 0.6) is 17.2 Å². The van der Waals surface area contributed by atoms with Crippen molar-refractivity contribution < 1.29 is 53.4 Å². The van der Waals surface area contributed by atoms with E-state index in [9.17, 15) is 20.1 Å². The highest BCUT2D eigenvalue weighted by Crippen LogP contribution is 2.62. The van der Waals surface area contributed by atoms with Crippen LogP contribution in [0.1, 0.15) is 75.7 Å². The SMILES string of the molecule is C=CCOC12Oc3ccc(Oc4ccc5ccccc5c4)cc3C3C(CCCCO)C(CCCCO)C=C(C(=NOC4CCCCO4)CC1N(CCOCCO)C(=O)OCCCl)C32. The van der Waals surface area contributed by atoms with Gasteiger partial charge >= 0.3 is 6.09 Å². The smallest absolute Gasteiger partial charge is 0.410 e. The molecule has 3 aromatic rings. The van der Waals surface area contributed by atoms with Gasteiger partial charge in [-0.05, 0) is 97.0 Å². The van der Waals surface area contributed by atoms with Gasteiger partial charge in [0.15, 0.2) is 0 Å². The molecule has 0 spiro atoms. The van der Waals surface area contributed by atoms with E-state index in [2.05, 4.69) is 30.9 Å². The summed E-state index contributed by atoms with van der Waals surface area (Å²) in [7, 11) is 0. The molecular weight excluding hydrogens is 828 g/mol. The molecule has 342 valence electrons. The molecule has 0 aromatic heterocycles. The third-order valence-electron chi connectivity index (χ3n) is 12.6. The Labute approximate surface area is 375 Å². The zero-order valence-corrected chi connectivity index (χ0v) is 36.9. The first kappa shape index (κ1) is 46.8. The molecule has 0 bridgehead atoms. The molecule has 2 aliphatic heterocycles. The molecule has 3 N–H and O–H groups in total.